The second kappa shape index (κ2) is 15.7. The molecule has 0 fully saturated rings. The van der Waals surface area contributed by atoms with Gasteiger partial charge in [0.25, 0.3) is 0 Å². The van der Waals surface area contributed by atoms with Gasteiger partial charge in [-0.2, -0.15) is 0 Å². The second-order valence-electron chi connectivity index (χ2n) is 6.62. The third-order valence-corrected chi connectivity index (χ3v) is 4.39. The Morgan fingerprint density at radius 3 is 1.73 bits per heavy atom. The number of aliphatic hydroxyl groups is 3. The Hall–Kier alpha value is -0.160. The highest BCUT2D eigenvalue weighted by Gasteiger charge is 2.15. The van der Waals surface area contributed by atoms with Crippen LogP contribution in [0.3, 0.4) is 0 Å². The van der Waals surface area contributed by atoms with E-state index >= 15 is 0 Å². The van der Waals surface area contributed by atoms with Crippen molar-refractivity contribution in [1.29, 1.82) is 0 Å². The van der Waals surface area contributed by atoms with E-state index in [2.05, 4.69) is 6.92 Å². The van der Waals surface area contributed by atoms with Gasteiger partial charge in [0.05, 0.1) is 24.9 Å². The third-order valence-electron chi connectivity index (χ3n) is 4.39. The molecule has 0 spiro atoms. The quantitative estimate of drug-likeness (QED) is 0.329. The highest BCUT2D eigenvalue weighted by atomic mass is 16.3. The van der Waals surface area contributed by atoms with E-state index in [1.165, 1.54) is 57.8 Å². The second-order valence-corrected chi connectivity index (χ2v) is 6.62. The zero-order valence-corrected chi connectivity index (χ0v) is 14.6. The molecule has 0 amide bonds. The van der Waals surface area contributed by atoms with Gasteiger partial charge in [-0.15, -0.1) is 0 Å². The first-order valence-corrected chi connectivity index (χ1v) is 9.34. The van der Waals surface area contributed by atoms with Gasteiger partial charge < -0.3 is 21.1 Å². The Balaban J connectivity index is 3.30. The van der Waals surface area contributed by atoms with Crippen molar-refractivity contribution >= 4 is 0 Å². The summed E-state index contributed by atoms with van der Waals surface area (Å²) in [5, 5.41) is 28.3. The van der Waals surface area contributed by atoms with E-state index in [-0.39, 0.29) is 12.7 Å². The van der Waals surface area contributed by atoms with Gasteiger partial charge in [-0.25, -0.2) is 0 Å². The summed E-state index contributed by atoms with van der Waals surface area (Å²) in [6.45, 7) is 2.03. The normalized spacial score (nSPS) is 15.7. The average Bonchev–Trinajstić information content (AvgIpc) is 2.53. The van der Waals surface area contributed by atoms with Crippen LogP contribution < -0.4 is 5.73 Å². The Bertz CT molecular complexity index is 226. The van der Waals surface area contributed by atoms with E-state index in [0.29, 0.717) is 12.8 Å². The van der Waals surface area contributed by atoms with Crippen molar-refractivity contribution in [3.8, 4) is 0 Å². The van der Waals surface area contributed by atoms with Crippen molar-refractivity contribution in [2.24, 2.45) is 5.73 Å². The molecule has 4 nitrogen and oxygen atoms in total. The topological polar surface area (TPSA) is 86.7 Å². The Kier molecular flexibility index (Phi) is 15.6. The van der Waals surface area contributed by atoms with E-state index in [1.807, 2.05) is 0 Å². The summed E-state index contributed by atoms with van der Waals surface area (Å²) >= 11 is 0. The predicted octanol–water partition coefficient (Wildman–Crippen LogP) is 3.12. The molecule has 0 aliphatic heterocycles. The van der Waals surface area contributed by atoms with Crippen LogP contribution in [-0.4, -0.2) is 40.2 Å². The molecule has 22 heavy (non-hydrogen) atoms. The first-order valence-electron chi connectivity index (χ1n) is 9.34. The highest BCUT2D eigenvalue weighted by Crippen LogP contribution is 2.14. The summed E-state index contributed by atoms with van der Waals surface area (Å²) in [5.41, 5.74) is 5.53. The summed E-state index contributed by atoms with van der Waals surface area (Å²) < 4.78 is 0. The smallest absolute Gasteiger partial charge is 0.0714 e. The van der Waals surface area contributed by atoms with Crippen LogP contribution in [0.1, 0.15) is 90.4 Å². The SMILES string of the molecule is CCCCCCCCCCCCC(O)CCC(O)C(N)CO. The fourth-order valence-corrected chi connectivity index (χ4v) is 2.71. The van der Waals surface area contributed by atoms with Crippen LogP contribution in [0.5, 0.6) is 0 Å². The summed E-state index contributed by atoms with van der Waals surface area (Å²) in [4.78, 5) is 0. The molecule has 0 aromatic rings. The largest absolute Gasteiger partial charge is 0.395 e. The molecule has 134 valence electrons. The lowest BCUT2D eigenvalue weighted by Crippen LogP contribution is -2.38. The van der Waals surface area contributed by atoms with Crippen molar-refractivity contribution in [3.05, 3.63) is 0 Å². The maximum Gasteiger partial charge on any atom is 0.0714 e. The fraction of sp³-hybridized carbons (Fsp3) is 1.00. The number of nitrogens with two attached hydrogens (primary N) is 1. The molecule has 0 aromatic carbocycles. The summed E-state index contributed by atoms with van der Waals surface area (Å²) in [5.74, 6) is 0. The number of hydrogen-bond acceptors (Lipinski definition) is 4. The van der Waals surface area contributed by atoms with Crippen LogP contribution in [0.4, 0.5) is 0 Å². The van der Waals surface area contributed by atoms with Crippen LogP contribution in [0.25, 0.3) is 0 Å². The highest BCUT2D eigenvalue weighted by molar-refractivity contribution is 4.72. The lowest BCUT2D eigenvalue weighted by Gasteiger charge is -2.18. The maximum absolute atomic E-state index is 9.86. The molecule has 0 radical (unpaired) electrons. The molecule has 0 aromatic heterocycles. The number of aliphatic hydroxyl groups excluding tert-OH is 3. The predicted molar refractivity (Wildman–Crippen MR) is 92.8 cm³/mol. The lowest BCUT2D eigenvalue weighted by atomic mass is 10.0. The zero-order valence-electron chi connectivity index (χ0n) is 14.6. The molecule has 4 heteroatoms. The molecule has 0 saturated heterocycles. The molecule has 3 unspecified atom stereocenters. The molecule has 3 atom stereocenters. The average molecular weight is 318 g/mol. The minimum Gasteiger partial charge on any atom is -0.395 e. The van der Waals surface area contributed by atoms with Crippen LogP contribution in [0, 0.1) is 0 Å². The third kappa shape index (κ3) is 13.5. The lowest BCUT2D eigenvalue weighted by molar-refractivity contribution is 0.0753. The number of rotatable bonds is 16. The first kappa shape index (κ1) is 21.8. The van der Waals surface area contributed by atoms with Crippen molar-refractivity contribution < 1.29 is 15.3 Å². The van der Waals surface area contributed by atoms with Crippen molar-refractivity contribution in [2.75, 3.05) is 6.61 Å². The minimum absolute atomic E-state index is 0.213. The Morgan fingerprint density at radius 2 is 1.23 bits per heavy atom. The molecule has 0 saturated carbocycles. The van der Waals surface area contributed by atoms with E-state index in [1.54, 1.807) is 0 Å². The minimum atomic E-state index is -0.715. The standard InChI is InChI=1S/C18H39NO3/c1-2-3-4-5-6-7-8-9-10-11-12-16(21)13-14-18(22)17(19)15-20/h16-18,20-22H,2-15,19H2,1H3. The van der Waals surface area contributed by atoms with Gasteiger partial charge in [0.2, 0.25) is 0 Å². The maximum atomic E-state index is 9.86. The van der Waals surface area contributed by atoms with E-state index in [9.17, 15) is 10.2 Å². The summed E-state index contributed by atoms with van der Waals surface area (Å²) in [6, 6.07) is -0.593. The number of hydrogen-bond donors (Lipinski definition) is 4. The van der Waals surface area contributed by atoms with E-state index < -0.39 is 12.1 Å². The summed E-state index contributed by atoms with van der Waals surface area (Å²) in [7, 11) is 0. The van der Waals surface area contributed by atoms with Gasteiger partial charge >= 0.3 is 0 Å². The number of unbranched alkanes of at least 4 members (excludes halogenated alkanes) is 9. The van der Waals surface area contributed by atoms with Crippen LogP contribution in [-0.2, 0) is 0 Å². The van der Waals surface area contributed by atoms with Crippen molar-refractivity contribution in [3.63, 3.8) is 0 Å². The molecular formula is C18H39NO3. The Labute approximate surface area is 137 Å². The molecule has 0 rings (SSSR count). The molecule has 0 bridgehead atoms. The van der Waals surface area contributed by atoms with Crippen molar-refractivity contribution in [1.82, 2.24) is 0 Å². The van der Waals surface area contributed by atoms with Gasteiger partial charge in [-0.05, 0) is 19.3 Å². The van der Waals surface area contributed by atoms with Gasteiger partial charge in [0.15, 0.2) is 0 Å². The molecule has 0 heterocycles. The van der Waals surface area contributed by atoms with Gasteiger partial charge in [0, 0.05) is 0 Å². The summed E-state index contributed by atoms with van der Waals surface area (Å²) in [6.07, 6.45) is 13.7. The molecular weight excluding hydrogens is 278 g/mol. The van der Waals surface area contributed by atoms with Crippen LogP contribution in [0.2, 0.25) is 0 Å². The first-order chi connectivity index (χ1) is 10.6. The van der Waals surface area contributed by atoms with Gasteiger partial charge in [-0.1, -0.05) is 71.1 Å². The van der Waals surface area contributed by atoms with E-state index in [4.69, 9.17) is 10.8 Å². The van der Waals surface area contributed by atoms with Crippen LogP contribution >= 0.6 is 0 Å². The van der Waals surface area contributed by atoms with Gasteiger partial charge in [-0.3, -0.25) is 0 Å². The van der Waals surface area contributed by atoms with Crippen LogP contribution in [0.15, 0.2) is 0 Å². The molecule has 5 N–H and O–H groups in total. The zero-order chi connectivity index (χ0) is 16.6. The van der Waals surface area contributed by atoms with E-state index in [0.717, 1.165) is 12.8 Å². The molecule has 0 aliphatic carbocycles. The van der Waals surface area contributed by atoms with Gasteiger partial charge in [0.1, 0.15) is 0 Å². The van der Waals surface area contributed by atoms with Crippen molar-refractivity contribution in [2.45, 2.75) is 109 Å². The molecule has 0 aliphatic rings. The monoisotopic (exact) mass is 317 g/mol. The Morgan fingerprint density at radius 1 is 0.727 bits per heavy atom. The fourth-order valence-electron chi connectivity index (χ4n) is 2.71.